The number of amides is 1. The third kappa shape index (κ3) is 5.42. The van der Waals surface area contributed by atoms with E-state index in [1.807, 2.05) is 54.6 Å². The zero-order valence-corrected chi connectivity index (χ0v) is 22.2. The summed E-state index contributed by atoms with van der Waals surface area (Å²) >= 11 is 14.2. The van der Waals surface area contributed by atoms with Crippen molar-refractivity contribution < 1.29 is 9.59 Å². The van der Waals surface area contributed by atoms with Crippen LogP contribution in [0.5, 0.6) is 0 Å². The number of nitrogens with zero attached hydrogens (tertiary/aromatic N) is 3. The van der Waals surface area contributed by atoms with E-state index in [-0.39, 0.29) is 24.8 Å². The van der Waals surface area contributed by atoms with E-state index in [1.54, 1.807) is 22.8 Å². The van der Waals surface area contributed by atoms with Crippen LogP contribution in [-0.4, -0.2) is 37.1 Å². The minimum Gasteiger partial charge on any atom is -0.292 e. The van der Waals surface area contributed by atoms with Crippen LogP contribution in [0.3, 0.4) is 0 Å². The van der Waals surface area contributed by atoms with E-state index in [0.717, 1.165) is 22.2 Å². The van der Waals surface area contributed by atoms with Crippen LogP contribution in [0.15, 0.2) is 88.9 Å². The minimum atomic E-state index is -0.193. The molecule has 1 aliphatic heterocycles. The van der Waals surface area contributed by atoms with E-state index < -0.39 is 0 Å². The molecular weight excluding hydrogens is 530 g/mol. The minimum absolute atomic E-state index is 0.125. The van der Waals surface area contributed by atoms with Gasteiger partial charge in [0.15, 0.2) is 5.16 Å². The van der Waals surface area contributed by atoms with Crippen molar-refractivity contribution in [2.45, 2.75) is 17.3 Å². The van der Waals surface area contributed by atoms with Gasteiger partial charge in [0.25, 0.3) is 5.91 Å². The Morgan fingerprint density at radius 1 is 1.03 bits per heavy atom. The van der Waals surface area contributed by atoms with Gasteiger partial charge in [0.2, 0.25) is 5.91 Å². The van der Waals surface area contributed by atoms with Crippen molar-refractivity contribution >= 4 is 80.6 Å². The van der Waals surface area contributed by atoms with Crippen LogP contribution in [0.25, 0.3) is 17.1 Å². The van der Waals surface area contributed by atoms with Crippen LogP contribution < -0.4 is 0 Å². The number of aromatic nitrogens is 2. The summed E-state index contributed by atoms with van der Waals surface area (Å²) in [6.45, 7) is 0.205. The number of halogens is 1. The lowest BCUT2D eigenvalue weighted by Gasteiger charge is -2.15. The SMILES string of the molecule is O=C1/C(=C\c2ccc(Cl)cc2)SC(=S)N1CCC(=O)n1c(SCc2ccccc2)nc2ccccc21. The Labute approximate surface area is 227 Å². The fourth-order valence-electron chi connectivity index (χ4n) is 3.79. The Morgan fingerprint density at radius 3 is 2.53 bits per heavy atom. The largest absolute Gasteiger partial charge is 0.292 e. The lowest BCUT2D eigenvalue weighted by atomic mass is 10.2. The zero-order chi connectivity index (χ0) is 25.1. The molecule has 1 fully saturated rings. The highest BCUT2D eigenvalue weighted by molar-refractivity contribution is 8.26. The van der Waals surface area contributed by atoms with Crippen LogP contribution in [-0.2, 0) is 10.5 Å². The molecule has 0 radical (unpaired) electrons. The highest BCUT2D eigenvalue weighted by Crippen LogP contribution is 2.33. The van der Waals surface area contributed by atoms with Crippen molar-refractivity contribution in [2.75, 3.05) is 6.54 Å². The van der Waals surface area contributed by atoms with Gasteiger partial charge in [0.05, 0.1) is 15.9 Å². The lowest BCUT2D eigenvalue weighted by molar-refractivity contribution is -0.122. The van der Waals surface area contributed by atoms with E-state index in [0.29, 0.717) is 25.2 Å². The molecule has 5 nitrogen and oxygen atoms in total. The van der Waals surface area contributed by atoms with E-state index in [9.17, 15) is 9.59 Å². The molecule has 180 valence electrons. The van der Waals surface area contributed by atoms with Gasteiger partial charge in [-0.05, 0) is 41.5 Å². The summed E-state index contributed by atoms with van der Waals surface area (Å²) in [6.07, 6.45) is 1.92. The van der Waals surface area contributed by atoms with Crippen LogP contribution in [0.1, 0.15) is 22.3 Å². The standard InChI is InChI=1S/C27H20ClN3O2S3/c28-20-12-10-18(11-13-20)16-23-25(33)30(27(34)36-23)15-14-24(32)31-22-9-5-4-8-21(22)29-26(31)35-17-19-6-2-1-3-7-19/h1-13,16H,14-15,17H2/b23-16+. The van der Waals surface area contributed by atoms with Gasteiger partial charge >= 0.3 is 0 Å². The first-order valence-electron chi connectivity index (χ1n) is 11.2. The summed E-state index contributed by atoms with van der Waals surface area (Å²) in [6, 6.07) is 24.9. The van der Waals surface area contributed by atoms with Crippen LogP contribution in [0.4, 0.5) is 0 Å². The molecule has 1 amide bonds. The Balaban J connectivity index is 1.32. The summed E-state index contributed by atoms with van der Waals surface area (Å²) in [7, 11) is 0. The molecule has 0 bridgehead atoms. The summed E-state index contributed by atoms with van der Waals surface area (Å²) in [5, 5.41) is 1.27. The summed E-state index contributed by atoms with van der Waals surface area (Å²) in [5.41, 5.74) is 3.53. The van der Waals surface area contributed by atoms with Crippen molar-refractivity contribution in [3.63, 3.8) is 0 Å². The molecule has 1 aromatic heterocycles. The number of thioether (sulfide) groups is 2. The summed E-state index contributed by atoms with van der Waals surface area (Å²) < 4.78 is 2.10. The zero-order valence-electron chi connectivity index (χ0n) is 19.0. The molecule has 0 atom stereocenters. The molecule has 0 N–H and O–H groups in total. The first-order valence-corrected chi connectivity index (χ1v) is 13.8. The van der Waals surface area contributed by atoms with Gasteiger partial charge in [-0.15, -0.1) is 0 Å². The Kier molecular flexibility index (Phi) is 7.57. The van der Waals surface area contributed by atoms with Gasteiger partial charge in [0.1, 0.15) is 4.32 Å². The summed E-state index contributed by atoms with van der Waals surface area (Å²) in [4.78, 5) is 33.2. The molecular formula is C27H20ClN3O2S3. The van der Waals surface area contributed by atoms with Crippen molar-refractivity contribution in [1.29, 1.82) is 0 Å². The van der Waals surface area contributed by atoms with Gasteiger partial charge < -0.3 is 0 Å². The lowest BCUT2D eigenvalue weighted by Crippen LogP contribution is -2.31. The van der Waals surface area contributed by atoms with Crippen LogP contribution >= 0.6 is 47.3 Å². The molecule has 0 unspecified atom stereocenters. The number of carbonyl (C=O) groups excluding carboxylic acids is 2. The maximum absolute atomic E-state index is 13.4. The van der Waals surface area contributed by atoms with E-state index in [4.69, 9.17) is 28.8 Å². The van der Waals surface area contributed by atoms with Crippen LogP contribution in [0.2, 0.25) is 5.02 Å². The second kappa shape index (κ2) is 11.0. The fourth-order valence-corrected chi connectivity index (χ4v) is 6.20. The quantitative estimate of drug-likeness (QED) is 0.142. The second-order valence-electron chi connectivity index (χ2n) is 8.02. The predicted molar refractivity (Wildman–Crippen MR) is 152 cm³/mol. The average molecular weight is 550 g/mol. The molecule has 0 spiro atoms. The average Bonchev–Trinajstić information content (AvgIpc) is 3.39. The fraction of sp³-hybridized carbons (Fsp3) is 0.111. The van der Waals surface area contributed by atoms with Crippen molar-refractivity contribution in [3.05, 3.63) is 99.9 Å². The third-order valence-electron chi connectivity index (χ3n) is 5.58. The van der Waals surface area contributed by atoms with Crippen molar-refractivity contribution in [1.82, 2.24) is 14.5 Å². The Morgan fingerprint density at radius 2 is 1.75 bits per heavy atom. The number of imidazole rings is 1. The molecule has 1 saturated heterocycles. The monoisotopic (exact) mass is 549 g/mol. The first-order chi connectivity index (χ1) is 17.5. The number of hydrogen-bond donors (Lipinski definition) is 0. The van der Waals surface area contributed by atoms with E-state index in [1.165, 1.54) is 28.4 Å². The Hall–Kier alpha value is -2.91. The van der Waals surface area contributed by atoms with Crippen LogP contribution in [0, 0.1) is 0 Å². The normalized spacial score (nSPS) is 14.8. The van der Waals surface area contributed by atoms with Gasteiger partial charge in [0, 0.05) is 23.7 Å². The number of para-hydroxylation sites is 2. The maximum atomic E-state index is 13.4. The molecule has 9 heteroatoms. The number of hydrogen-bond acceptors (Lipinski definition) is 6. The number of thiocarbonyl (C=S) groups is 1. The van der Waals surface area contributed by atoms with E-state index in [2.05, 4.69) is 12.1 Å². The van der Waals surface area contributed by atoms with Crippen molar-refractivity contribution in [3.8, 4) is 0 Å². The van der Waals surface area contributed by atoms with E-state index >= 15 is 0 Å². The third-order valence-corrected chi connectivity index (χ3v) is 8.22. The number of rotatable bonds is 7. The predicted octanol–water partition coefficient (Wildman–Crippen LogP) is 6.91. The molecule has 0 aliphatic carbocycles. The number of benzene rings is 3. The first kappa shape index (κ1) is 24.8. The van der Waals surface area contributed by atoms with Gasteiger partial charge in [-0.2, -0.15) is 0 Å². The van der Waals surface area contributed by atoms with Crippen molar-refractivity contribution in [2.24, 2.45) is 0 Å². The number of fused-ring (bicyclic) bond motifs is 1. The van der Waals surface area contributed by atoms with Gasteiger partial charge in [-0.3, -0.25) is 19.1 Å². The smallest absolute Gasteiger partial charge is 0.266 e. The van der Waals surface area contributed by atoms with Gasteiger partial charge in [-0.1, -0.05) is 102 Å². The molecule has 3 aromatic carbocycles. The molecule has 4 aromatic rings. The molecule has 36 heavy (non-hydrogen) atoms. The highest BCUT2D eigenvalue weighted by Gasteiger charge is 2.32. The Bertz CT molecular complexity index is 1480. The second-order valence-corrected chi connectivity index (χ2v) is 11.1. The topological polar surface area (TPSA) is 55.2 Å². The maximum Gasteiger partial charge on any atom is 0.266 e. The number of carbonyl (C=O) groups is 2. The summed E-state index contributed by atoms with van der Waals surface area (Å²) in [5.74, 6) is 0.374. The van der Waals surface area contributed by atoms with Gasteiger partial charge in [-0.25, -0.2) is 4.98 Å². The molecule has 2 heterocycles. The molecule has 5 rings (SSSR count). The molecule has 0 saturated carbocycles. The molecule has 1 aliphatic rings. The highest BCUT2D eigenvalue weighted by atomic mass is 35.5.